The number of carbonyl (C=O) groups is 3. The van der Waals surface area contributed by atoms with Gasteiger partial charge in [0, 0.05) is 5.69 Å². The lowest BCUT2D eigenvalue weighted by Gasteiger charge is -2.18. The Morgan fingerprint density at radius 2 is 1.62 bits per heavy atom. The molecule has 1 rings (SSSR count). The fourth-order valence-electron chi connectivity index (χ4n) is 2.72. The first kappa shape index (κ1) is 23.9. The number of benzene rings is 1. The van der Waals surface area contributed by atoms with Crippen LogP contribution in [0.5, 0.6) is 0 Å². The van der Waals surface area contributed by atoms with Crippen LogP contribution in [0.4, 0.5) is 5.69 Å². The Bertz CT molecular complexity index is 626. The maximum atomic E-state index is 12.1. The highest BCUT2D eigenvalue weighted by atomic mass is 35.5. The highest BCUT2D eigenvalue weighted by molar-refractivity contribution is 5.96. The second-order valence-corrected chi connectivity index (χ2v) is 6.20. The van der Waals surface area contributed by atoms with E-state index in [9.17, 15) is 14.4 Å². The summed E-state index contributed by atoms with van der Waals surface area (Å²) in [4.78, 5) is 36.3. The number of halogens is 1. The third kappa shape index (κ3) is 8.31. The number of rotatable bonds is 9. The van der Waals surface area contributed by atoms with Crippen LogP contribution in [-0.2, 0) is 14.4 Å². The first-order valence-corrected chi connectivity index (χ1v) is 8.31. The summed E-state index contributed by atoms with van der Waals surface area (Å²) in [7, 11) is 0. The molecule has 1 aromatic carbocycles. The van der Waals surface area contributed by atoms with E-state index < -0.39 is 5.97 Å². The van der Waals surface area contributed by atoms with Gasteiger partial charge in [-0.05, 0) is 44.9 Å². The minimum Gasteiger partial charge on any atom is -0.480 e. The van der Waals surface area contributed by atoms with E-state index in [0.717, 1.165) is 28.8 Å². The van der Waals surface area contributed by atoms with E-state index in [4.69, 9.17) is 5.11 Å². The van der Waals surface area contributed by atoms with E-state index in [1.165, 1.54) is 4.90 Å². The van der Waals surface area contributed by atoms with E-state index in [0.29, 0.717) is 6.54 Å². The Kier molecular flexibility index (Phi) is 10.6. The molecule has 0 radical (unpaired) electrons. The number of carboxylic acids is 1. The molecule has 2 amide bonds. The van der Waals surface area contributed by atoms with Gasteiger partial charge in [-0.1, -0.05) is 24.6 Å². The van der Waals surface area contributed by atoms with Gasteiger partial charge in [-0.2, -0.15) is 0 Å². The van der Waals surface area contributed by atoms with Gasteiger partial charge in [0.1, 0.15) is 0 Å². The van der Waals surface area contributed by atoms with Crippen molar-refractivity contribution in [2.24, 2.45) is 0 Å². The number of nitrogens with zero attached hydrogens (tertiary/aromatic N) is 1. The normalized spacial score (nSPS) is 10.2. The van der Waals surface area contributed by atoms with Crippen LogP contribution < -0.4 is 10.6 Å². The molecule has 1 aromatic rings. The number of carboxylic acid groups (broad SMARTS) is 1. The fourth-order valence-corrected chi connectivity index (χ4v) is 2.72. The minimum atomic E-state index is -0.982. The Morgan fingerprint density at radius 3 is 2.12 bits per heavy atom. The summed E-state index contributed by atoms with van der Waals surface area (Å²) in [6.45, 7) is 7.85. The molecule has 26 heavy (non-hydrogen) atoms. The van der Waals surface area contributed by atoms with E-state index in [-0.39, 0.29) is 43.9 Å². The van der Waals surface area contributed by atoms with Gasteiger partial charge < -0.3 is 15.7 Å². The van der Waals surface area contributed by atoms with Gasteiger partial charge in [0.15, 0.2) is 0 Å². The van der Waals surface area contributed by atoms with Crippen LogP contribution in [0, 0.1) is 20.8 Å². The summed E-state index contributed by atoms with van der Waals surface area (Å²) in [6, 6.07) is 3.96. The summed E-state index contributed by atoms with van der Waals surface area (Å²) in [6.07, 6.45) is 0.743. The molecule has 0 unspecified atom stereocenters. The standard InChI is InChI=1S/C18H27N3O4.ClH/c1-5-6-21(11-17(24)25)10-16(23)19-9-15(22)20-18-13(3)7-12(2)8-14(18)4;/h7-8H,5-6,9-11H2,1-4H3,(H,19,23)(H,20,22)(H,24,25);1H. The van der Waals surface area contributed by atoms with E-state index in [2.05, 4.69) is 10.6 Å². The molecule has 7 nitrogen and oxygen atoms in total. The second-order valence-electron chi connectivity index (χ2n) is 6.20. The largest absolute Gasteiger partial charge is 0.480 e. The Morgan fingerprint density at radius 1 is 1.04 bits per heavy atom. The molecule has 8 heteroatoms. The van der Waals surface area contributed by atoms with Gasteiger partial charge in [-0.15, -0.1) is 12.4 Å². The Hall–Kier alpha value is -2.12. The van der Waals surface area contributed by atoms with Gasteiger partial charge in [-0.3, -0.25) is 19.3 Å². The van der Waals surface area contributed by atoms with Crippen molar-refractivity contribution in [1.29, 1.82) is 0 Å². The van der Waals surface area contributed by atoms with Crippen molar-refractivity contribution < 1.29 is 19.5 Å². The molecule has 0 saturated heterocycles. The number of nitrogens with one attached hydrogen (secondary N) is 2. The van der Waals surface area contributed by atoms with E-state index in [1.807, 2.05) is 39.8 Å². The highest BCUT2D eigenvalue weighted by Crippen LogP contribution is 2.21. The van der Waals surface area contributed by atoms with Crippen LogP contribution in [0.15, 0.2) is 12.1 Å². The summed E-state index contributed by atoms with van der Waals surface area (Å²) >= 11 is 0. The number of amides is 2. The third-order valence-corrected chi connectivity index (χ3v) is 3.65. The van der Waals surface area contributed by atoms with Crippen LogP contribution in [0.1, 0.15) is 30.0 Å². The molecule has 0 saturated carbocycles. The zero-order chi connectivity index (χ0) is 19.0. The zero-order valence-electron chi connectivity index (χ0n) is 15.7. The van der Waals surface area contributed by atoms with E-state index >= 15 is 0 Å². The first-order valence-electron chi connectivity index (χ1n) is 8.31. The van der Waals surface area contributed by atoms with Crippen LogP contribution >= 0.6 is 12.4 Å². The molecular formula is C18H28ClN3O4. The predicted octanol–water partition coefficient (Wildman–Crippen LogP) is 1.88. The van der Waals surface area contributed by atoms with Crippen molar-refractivity contribution in [2.75, 3.05) is 31.5 Å². The average Bonchev–Trinajstić information content (AvgIpc) is 2.48. The summed E-state index contributed by atoms with van der Waals surface area (Å²) in [5.41, 5.74) is 3.81. The van der Waals surface area contributed by atoms with Crippen molar-refractivity contribution in [2.45, 2.75) is 34.1 Å². The summed E-state index contributed by atoms with van der Waals surface area (Å²) < 4.78 is 0. The number of hydrogen-bond donors (Lipinski definition) is 3. The molecule has 0 aliphatic rings. The molecular weight excluding hydrogens is 358 g/mol. The highest BCUT2D eigenvalue weighted by Gasteiger charge is 2.14. The van der Waals surface area contributed by atoms with Crippen LogP contribution in [0.3, 0.4) is 0 Å². The second kappa shape index (κ2) is 11.5. The maximum absolute atomic E-state index is 12.1. The number of carbonyl (C=O) groups excluding carboxylic acids is 2. The van der Waals surface area contributed by atoms with Crippen LogP contribution in [-0.4, -0.2) is 54.0 Å². The topological polar surface area (TPSA) is 98.7 Å². The van der Waals surface area contributed by atoms with Crippen molar-refractivity contribution in [3.05, 3.63) is 28.8 Å². The molecule has 0 aliphatic carbocycles. The SMILES string of the molecule is CCCN(CC(=O)O)CC(=O)NCC(=O)Nc1c(C)cc(C)cc1C.Cl. The van der Waals surface area contributed by atoms with Gasteiger partial charge in [0.2, 0.25) is 11.8 Å². The lowest BCUT2D eigenvalue weighted by atomic mass is 10.1. The van der Waals surface area contributed by atoms with Gasteiger partial charge >= 0.3 is 5.97 Å². The molecule has 0 spiro atoms. The smallest absolute Gasteiger partial charge is 0.317 e. The first-order chi connectivity index (χ1) is 11.7. The number of anilines is 1. The molecule has 0 fully saturated rings. The number of hydrogen-bond acceptors (Lipinski definition) is 4. The number of aliphatic carboxylic acids is 1. The fraction of sp³-hybridized carbons (Fsp3) is 0.500. The average molecular weight is 386 g/mol. The zero-order valence-corrected chi connectivity index (χ0v) is 16.5. The molecule has 3 N–H and O–H groups in total. The molecule has 0 aromatic heterocycles. The lowest BCUT2D eigenvalue weighted by molar-refractivity contribution is -0.138. The van der Waals surface area contributed by atoms with Crippen molar-refractivity contribution in [1.82, 2.24) is 10.2 Å². The third-order valence-electron chi connectivity index (χ3n) is 3.65. The molecule has 0 bridgehead atoms. The van der Waals surface area contributed by atoms with Gasteiger partial charge in [0.05, 0.1) is 19.6 Å². The van der Waals surface area contributed by atoms with Crippen molar-refractivity contribution >= 4 is 35.9 Å². The van der Waals surface area contributed by atoms with Crippen molar-refractivity contribution in [3.63, 3.8) is 0 Å². The summed E-state index contributed by atoms with van der Waals surface area (Å²) in [5, 5.41) is 14.2. The Labute approximate surface area is 160 Å². The maximum Gasteiger partial charge on any atom is 0.317 e. The lowest BCUT2D eigenvalue weighted by Crippen LogP contribution is -2.42. The van der Waals surface area contributed by atoms with Gasteiger partial charge in [-0.25, -0.2) is 0 Å². The number of aryl methyl sites for hydroxylation is 3. The monoisotopic (exact) mass is 385 g/mol. The van der Waals surface area contributed by atoms with E-state index in [1.54, 1.807) is 0 Å². The molecule has 0 heterocycles. The quantitative estimate of drug-likeness (QED) is 0.602. The van der Waals surface area contributed by atoms with Gasteiger partial charge in [0.25, 0.3) is 0 Å². The molecule has 146 valence electrons. The van der Waals surface area contributed by atoms with Crippen LogP contribution in [0.2, 0.25) is 0 Å². The predicted molar refractivity (Wildman–Crippen MR) is 104 cm³/mol. The van der Waals surface area contributed by atoms with Crippen molar-refractivity contribution in [3.8, 4) is 0 Å². The Balaban J connectivity index is 0.00000625. The minimum absolute atomic E-state index is 0. The van der Waals surface area contributed by atoms with Crippen LogP contribution in [0.25, 0.3) is 0 Å². The molecule has 0 aliphatic heterocycles. The summed E-state index contributed by atoms with van der Waals surface area (Å²) in [5.74, 6) is -1.67. The molecule has 0 atom stereocenters.